The van der Waals surface area contributed by atoms with Gasteiger partial charge in [-0.25, -0.2) is 9.97 Å². The topological polar surface area (TPSA) is 74.0 Å². The van der Waals surface area contributed by atoms with Gasteiger partial charge in [0, 0.05) is 57.9 Å². The minimum Gasteiger partial charge on any atom is -0.341 e. The lowest BCUT2D eigenvalue weighted by Crippen LogP contribution is -2.53. The second kappa shape index (κ2) is 6.72. The van der Waals surface area contributed by atoms with E-state index < -0.39 is 0 Å². The summed E-state index contributed by atoms with van der Waals surface area (Å²) in [7, 11) is 0. The van der Waals surface area contributed by atoms with Crippen LogP contribution in [0.25, 0.3) is 5.78 Å². The van der Waals surface area contributed by atoms with Crippen molar-refractivity contribution in [2.24, 2.45) is 0 Å². The van der Waals surface area contributed by atoms with E-state index in [1.165, 1.54) is 0 Å². The second-order valence-corrected chi connectivity index (χ2v) is 7.32. The van der Waals surface area contributed by atoms with Crippen molar-refractivity contribution in [2.75, 3.05) is 45.8 Å². The molecular weight excluding hydrogens is 388 g/mol. The van der Waals surface area contributed by atoms with Gasteiger partial charge in [0.15, 0.2) is 0 Å². The molecule has 0 aromatic carbocycles. The predicted octanol–water partition coefficient (Wildman–Crippen LogP) is 0.482. The van der Waals surface area contributed by atoms with Gasteiger partial charge in [0.2, 0.25) is 11.7 Å². The SMILES string of the molecule is O=C(CN1CCN(C(=O)c2cn3cc(Br)cnc3n2)CC1)N1CCC1. The average molecular weight is 407 g/mol. The molecule has 0 radical (unpaired) electrons. The van der Waals surface area contributed by atoms with Gasteiger partial charge in [-0.1, -0.05) is 0 Å². The first-order valence-corrected chi connectivity index (χ1v) is 9.19. The summed E-state index contributed by atoms with van der Waals surface area (Å²) in [6.45, 7) is 4.86. The van der Waals surface area contributed by atoms with Gasteiger partial charge in [-0.2, -0.15) is 0 Å². The van der Waals surface area contributed by atoms with Crippen LogP contribution in [0.15, 0.2) is 23.1 Å². The zero-order valence-corrected chi connectivity index (χ0v) is 15.4. The maximum absolute atomic E-state index is 12.7. The molecule has 25 heavy (non-hydrogen) atoms. The van der Waals surface area contributed by atoms with Crippen LogP contribution in [0.4, 0.5) is 0 Å². The highest BCUT2D eigenvalue weighted by Gasteiger charge is 2.27. The van der Waals surface area contributed by atoms with E-state index in [1.54, 1.807) is 21.7 Å². The number of amides is 2. The number of nitrogens with zero attached hydrogens (tertiary/aromatic N) is 6. The molecule has 132 valence electrons. The maximum Gasteiger partial charge on any atom is 0.274 e. The summed E-state index contributed by atoms with van der Waals surface area (Å²) in [6.07, 6.45) is 6.30. The van der Waals surface area contributed by atoms with E-state index >= 15 is 0 Å². The van der Waals surface area contributed by atoms with Gasteiger partial charge < -0.3 is 9.80 Å². The van der Waals surface area contributed by atoms with Gasteiger partial charge in [0.25, 0.3) is 5.91 Å². The fourth-order valence-corrected chi connectivity index (χ4v) is 3.41. The van der Waals surface area contributed by atoms with Crippen LogP contribution in [0, 0.1) is 0 Å². The van der Waals surface area contributed by atoms with Crippen molar-refractivity contribution in [3.05, 3.63) is 28.8 Å². The molecule has 0 saturated carbocycles. The van der Waals surface area contributed by atoms with E-state index in [9.17, 15) is 9.59 Å². The monoisotopic (exact) mass is 406 g/mol. The smallest absolute Gasteiger partial charge is 0.274 e. The molecule has 0 spiro atoms. The van der Waals surface area contributed by atoms with Crippen molar-refractivity contribution in [1.29, 1.82) is 0 Å². The van der Waals surface area contributed by atoms with Crippen LogP contribution < -0.4 is 0 Å². The molecule has 9 heteroatoms. The predicted molar refractivity (Wildman–Crippen MR) is 94.2 cm³/mol. The van der Waals surface area contributed by atoms with Gasteiger partial charge in [0.1, 0.15) is 5.69 Å². The Hall–Kier alpha value is -2.00. The molecule has 2 aromatic rings. The zero-order chi connectivity index (χ0) is 17.4. The number of aromatic nitrogens is 3. The first kappa shape index (κ1) is 16.5. The summed E-state index contributed by atoms with van der Waals surface area (Å²) in [5, 5.41) is 0. The van der Waals surface area contributed by atoms with Gasteiger partial charge in [-0.3, -0.25) is 18.9 Å². The molecule has 0 aliphatic carbocycles. The molecule has 2 saturated heterocycles. The number of rotatable bonds is 3. The number of imidazole rings is 1. The molecule has 2 aromatic heterocycles. The molecule has 0 N–H and O–H groups in total. The van der Waals surface area contributed by atoms with Crippen molar-refractivity contribution in [3.63, 3.8) is 0 Å². The molecule has 2 amide bonds. The van der Waals surface area contributed by atoms with E-state index in [4.69, 9.17) is 0 Å². The Balaban J connectivity index is 1.36. The summed E-state index contributed by atoms with van der Waals surface area (Å²) in [6, 6.07) is 0. The Bertz CT molecular complexity index is 810. The van der Waals surface area contributed by atoms with E-state index in [0.29, 0.717) is 44.2 Å². The number of carbonyl (C=O) groups excluding carboxylic acids is 2. The summed E-state index contributed by atoms with van der Waals surface area (Å²) in [5.41, 5.74) is 0.399. The fraction of sp³-hybridized carbons (Fsp3) is 0.500. The van der Waals surface area contributed by atoms with Crippen LogP contribution in [-0.4, -0.2) is 86.7 Å². The van der Waals surface area contributed by atoms with Crippen LogP contribution >= 0.6 is 15.9 Å². The Morgan fingerprint density at radius 3 is 2.48 bits per heavy atom. The minimum absolute atomic E-state index is 0.0876. The molecular formula is C16H19BrN6O2. The number of likely N-dealkylation sites (tertiary alicyclic amines) is 1. The minimum atomic E-state index is -0.0876. The van der Waals surface area contributed by atoms with Gasteiger partial charge in [-0.05, 0) is 22.4 Å². The molecule has 0 unspecified atom stereocenters. The quantitative estimate of drug-likeness (QED) is 0.740. The van der Waals surface area contributed by atoms with Crippen molar-refractivity contribution in [1.82, 2.24) is 29.1 Å². The zero-order valence-electron chi connectivity index (χ0n) is 13.8. The number of carbonyl (C=O) groups is 2. The first-order chi connectivity index (χ1) is 12.1. The van der Waals surface area contributed by atoms with Crippen LogP contribution in [0.3, 0.4) is 0 Å². The van der Waals surface area contributed by atoms with Crippen molar-refractivity contribution in [2.45, 2.75) is 6.42 Å². The van der Waals surface area contributed by atoms with E-state index in [2.05, 4.69) is 30.8 Å². The highest BCUT2D eigenvalue weighted by Crippen LogP contribution is 2.13. The van der Waals surface area contributed by atoms with E-state index in [-0.39, 0.29) is 11.8 Å². The molecule has 0 bridgehead atoms. The number of piperazine rings is 1. The Labute approximate surface area is 153 Å². The van der Waals surface area contributed by atoms with Crippen molar-refractivity contribution in [3.8, 4) is 0 Å². The maximum atomic E-state index is 12.7. The van der Waals surface area contributed by atoms with Crippen LogP contribution in [0.2, 0.25) is 0 Å². The van der Waals surface area contributed by atoms with E-state index in [0.717, 1.165) is 24.0 Å². The molecule has 4 rings (SSSR count). The van der Waals surface area contributed by atoms with Gasteiger partial charge >= 0.3 is 0 Å². The van der Waals surface area contributed by atoms with Crippen LogP contribution in [0.5, 0.6) is 0 Å². The largest absolute Gasteiger partial charge is 0.341 e. The Kier molecular flexibility index (Phi) is 4.43. The van der Waals surface area contributed by atoms with Gasteiger partial charge in [0.05, 0.1) is 11.0 Å². The third kappa shape index (κ3) is 3.38. The summed E-state index contributed by atoms with van der Waals surface area (Å²) in [5.74, 6) is 0.615. The lowest BCUT2D eigenvalue weighted by molar-refractivity contribution is -0.136. The summed E-state index contributed by atoms with van der Waals surface area (Å²) < 4.78 is 2.57. The molecule has 2 aliphatic heterocycles. The highest BCUT2D eigenvalue weighted by atomic mass is 79.9. The lowest BCUT2D eigenvalue weighted by atomic mass is 10.2. The standard InChI is InChI=1S/C16H19BrN6O2/c17-12-8-18-16-19-13(10-23(16)9-12)15(25)22-6-4-20(5-7-22)11-14(24)21-2-1-3-21/h8-10H,1-7,11H2. The third-order valence-electron chi connectivity index (χ3n) is 4.72. The molecule has 4 heterocycles. The number of hydrogen-bond acceptors (Lipinski definition) is 5. The second-order valence-electron chi connectivity index (χ2n) is 6.41. The summed E-state index contributed by atoms with van der Waals surface area (Å²) in [4.78, 5) is 39.0. The molecule has 0 atom stereocenters. The summed E-state index contributed by atoms with van der Waals surface area (Å²) >= 11 is 3.36. The normalized spacial score (nSPS) is 18.4. The number of hydrogen-bond donors (Lipinski definition) is 0. The first-order valence-electron chi connectivity index (χ1n) is 8.40. The highest BCUT2D eigenvalue weighted by molar-refractivity contribution is 9.10. The molecule has 8 nitrogen and oxygen atoms in total. The van der Waals surface area contributed by atoms with Crippen LogP contribution in [-0.2, 0) is 4.79 Å². The fourth-order valence-electron chi connectivity index (χ4n) is 3.09. The Morgan fingerprint density at radius 2 is 1.80 bits per heavy atom. The van der Waals surface area contributed by atoms with Crippen molar-refractivity contribution >= 4 is 33.5 Å². The number of halogens is 1. The lowest BCUT2D eigenvalue weighted by Gasteiger charge is -2.37. The number of fused-ring (bicyclic) bond motifs is 1. The Morgan fingerprint density at radius 1 is 1.04 bits per heavy atom. The van der Waals surface area contributed by atoms with E-state index in [1.807, 2.05) is 11.1 Å². The van der Waals surface area contributed by atoms with Gasteiger partial charge in [-0.15, -0.1) is 0 Å². The third-order valence-corrected chi connectivity index (χ3v) is 5.13. The van der Waals surface area contributed by atoms with Crippen LogP contribution in [0.1, 0.15) is 16.9 Å². The molecule has 2 aliphatic rings. The van der Waals surface area contributed by atoms with Crippen molar-refractivity contribution < 1.29 is 9.59 Å². The molecule has 2 fully saturated rings. The average Bonchev–Trinajstić information content (AvgIpc) is 2.96.